The molecule has 0 heterocycles. The minimum Gasteiger partial charge on any atom is -0.356 e. The lowest BCUT2D eigenvalue weighted by molar-refractivity contribution is 1.45. The minimum absolute atomic E-state index is 1.07. The zero-order valence-electron chi connectivity index (χ0n) is 28.0. The van der Waals surface area contributed by atoms with E-state index in [1.807, 2.05) is 0 Å². The second kappa shape index (κ2) is 14.7. The first-order valence-corrected chi connectivity index (χ1v) is 16.8. The standard InChI is InChI=1S/C48H39N/c1-35-13-21-43(22-14-35)47(41-9-5-3-6-10-41)33-37-17-23-39(24-18-37)40-25-27-44(28-26-40)48(42-11-7-4-8-12-42)34-38-19-31-46(32-20-38)49-45-29-15-36(2)16-30-45/h3-34,49H,1-2H3. The zero-order valence-corrected chi connectivity index (χ0v) is 28.0. The molecule has 0 saturated heterocycles. The van der Waals surface area contributed by atoms with E-state index >= 15 is 0 Å². The van der Waals surface area contributed by atoms with Gasteiger partial charge >= 0.3 is 0 Å². The van der Waals surface area contributed by atoms with Crippen molar-refractivity contribution in [2.75, 3.05) is 5.32 Å². The summed E-state index contributed by atoms with van der Waals surface area (Å²) in [5.74, 6) is 0. The van der Waals surface area contributed by atoms with Gasteiger partial charge in [0, 0.05) is 11.4 Å². The summed E-state index contributed by atoms with van der Waals surface area (Å²) >= 11 is 0. The molecule has 0 aliphatic carbocycles. The minimum atomic E-state index is 1.07. The third-order valence-electron chi connectivity index (χ3n) is 8.85. The van der Waals surface area contributed by atoms with E-state index in [0.717, 1.165) is 16.9 Å². The summed E-state index contributed by atoms with van der Waals surface area (Å²) in [6.45, 7) is 4.23. The molecule has 0 spiro atoms. The molecule has 1 nitrogen and oxygen atoms in total. The first kappa shape index (κ1) is 31.4. The van der Waals surface area contributed by atoms with Crippen molar-refractivity contribution >= 4 is 34.7 Å². The van der Waals surface area contributed by atoms with Crippen molar-refractivity contribution in [3.63, 3.8) is 0 Å². The second-order valence-corrected chi connectivity index (χ2v) is 12.5. The lowest BCUT2D eigenvalue weighted by Crippen LogP contribution is -1.91. The first-order chi connectivity index (χ1) is 24.1. The van der Waals surface area contributed by atoms with Gasteiger partial charge in [-0.05, 0) is 106 Å². The summed E-state index contributed by atoms with van der Waals surface area (Å²) in [7, 11) is 0. The molecule has 0 aromatic heterocycles. The zero-order chi connectivity index (χ0) is 33.4. The van der Waals surface area contributed by atoms with Crippen molar-refractivity contribution in [3.05, 3.63) is 226 Å². The highest BCUT2D eigenvalue weighted by molar-refractivity contribution is 5.93. The van der Waals surface area contributed by atoms with Gasteiger partial charge in [-0.2, -0.15) is 0 Å². The fourth-order valence-electron chi connectivity index (χ4n) is 6.05. The largest absolute Gasteiger partial charge is 0.356 e. The summed E-state index contributed by atoms with van der Waals surface area (Å²) in [5.41, 5.74) is 16.6. The van der Waals surface area contributed by atoms with Gasteiger partial charge < -0.3 is 5.32 Å². The van der Waals surface area contributed by atoms with Crippen LogP contribution in [0.1, 0.15) is 44.5 Å². The normalized spacial score (nSPS) is 11.7. The fourth-order valence-corrected chi connectivity index (χ4v) is 6.05. The van der Waals surface area contributed by atoms with Crippen LogP contribution in [0.25, 0.3) is 34.4 Å². The van der Waals surface area contributed by atoms with Crippen LogP contribution >= 0.6 is 0 Å². The Hall–Kier alpha value is -6.18. The van der Waals surface area contributed by atoms with Gasteiger partial charge in [0.2, 0.25) is 0 Å². The number of aryl methyl sites for hydroxylation is 2. The number of hydrogen-bond acceptors (Lipinski definition) is 1. The Morgan fingerprint density at radius 2 is 0.673 bits per heavy atom. The van der Waals surface area contributed by atoms with Crippen LogP contribution in [0, 0.1) is 13.8 Å². The van der Waals surface area contributed by atoms with Crippen molar-refractivity contribution in [2.24, 2.45) is 0 Å². The highest BCUT2D eigenvalue weighted by Crippen LogP contribution is 2.31. The van der Waals surface area contributed by atoms with E-state index in [1.165, 1.54) is 61.2 Å². The summed E-state index contributed by atoms with van der Waals surface area (Å²) < 4.78 is 0. The molecule has 0 fully saturated rings. The quantitative estimate of drug-likeness (QED) is 0.157. The second-order valence-electron chi connectivity index (χ2n) is 12.5. The molecule has 1 heteroatoms. The molecule has 7 rings (SSSR count). The Bertz CT molecular complexity index is 2170. The van der Waals surface area contributed by atoms with Crippen LogP contribution in [0.3, 0.4) is 0 Å². The van der Waals surface area contributed by atoms with Gasteiger partial charge in [-0.25, -0.2) is 0 Å². The van der Waals surface area contributed by atoms with Crippen molar-refractivity contribution in [2.45, 2.75) is 13.8 Å². The summed E-state index contributed by atoms with van der Waals surface area (Å²) in [6.07, 6.45) is 4.56. The number of nitrogens with one attached hydrogen (secondary N) is 1. The molecule has 0 aliphatic rings. The predicted molar refractivity (Wildman–Crippen MR) is 211 cm³/mol. The Balaban J connectivity index is 1.14. The Morgan fingerprint density at radius 3 is 1.12 bits per heavy atom. The van der Waals surface area contributed by atoms with Gasteiger partial charge in [0.15, 0.2) is 0 Å². The van der Waals surface area contributed by atoms with Crippen molar-refractivity contribution in [1.82, 2.24) is 0 Å². The topological polar surface area (TPSA) is 12.0 Å². The van der Waals surface area contributed by atoms with Gasteiger partial charge in [0.1, 0.15) is 0 Å². The van der Waals surface area contributed by atoms with Crippen LogP contribution < -0.4 is 5.32 Å². The third-order valence-corrected chi connectivity index (χ3v) is 8.85. The number of hydrogen-bond donors (Lipinski definition) is 1. The average Bonchev–Trinajstić information content (AvgIpc) is 3.16. The van der Waals surface area contributed by atoms with E-state index in [-0.39, 0.29) is 0 Å². The van der Waals surface area contributed by atoms with E-state index in [0.29, 0.717) is 0 Å². The SMILES string of the molecule is Cc1ccc(Nc2ccc(C=C(c3ccccc3)c3ccc(-c4ccc(C=C(c5ccccc5)c5ccc(C)cc5)cc4)cc3)cc2)cc1. The average molecular weight is 630 g/mol. The molecule has 7 aromatic carbocycles. The van der Waals surface area contributed by atoms with E-state index in [4.69, 9.17) is 0 Å². The monoisotopic (exact) mass is 629 g/mol. The van der Waals surface area contributed by atoms with Gasteiger partial charge in [-0.3, -0.25) is 0 Å². The molecule has 0 amide bonds. The van der Waals surface area contributed by atoms with Crippen molar-refractivity contribution < 1.29 is 0 Å². The Morgan fingerprint density at radius 1 is 0.347 bits per heavy atom. The molecule has 0 saturated carbocycles. The van der Waals surface area contributed by atoms with Gasteiger partial charge in [0.05, 0.1) is 0 Å². The van der Waals surface area contributed by atoms with Crippen LogP contribution in [-0.2, 0) is 0 Å². The summed E-state index contributed by atoms with van der Waals surface area (Å²) in [5, 5.41) is 3.50. The van der Waals surface area contributed by atoms with Crippen LogP contribution in [-0.4, -0.2) is 0 Å². The smallest absolute Gasteiger partial charge is 0.0384 e. The Labute approximate surface area is 290 Å². The highest BCUT2D eigenvalue weighted by Gasteiger charge is 2.09. The highest BCUT2D eigenvalue weighted by atomic mass is 14.9. The molecule has 0 aliphatic heterocycles. The molecule has 236 valence electrons. The summed E-state index contributed by atoms with van der Waals surface area (Å²) in [4.78, 5) is 0. The molecule has 49 heavy (non-hydrogen) atoms. The number of benzene rings is 7. The third kappa shape index (κ3) is 7.87. The van der Waals surface area contributed by atoms with Crippen molar-refractivity contribution in [3.8, 4) is 11.1 Å². The van der Waals surface area contributed by atoms with Gasteiger partial charge in [-0.15, -0.1) is 0 Å². The maximum absolute atomic E-state index is 3.50. The first-order valence-electron chi connectivity index (χ1n) is 16.8. The summed E-state index contributed by atoms with van der Waals surface area (Å²) in [6, 6.07) is 64.9. The van der Waals surface area contributed by atoms with Crippen LogP contribution in [0.5, 0.6) is 0 Å². The molecule has 0 bridgehead atoms. The van der Waals surface area contributed by atoms with E-state index in [1.54, 1.807) is 0 Å². The van der Waals surface area contributed by atoms with Crippen LogP contribution in [0.2, 0.25) is 0 Å². The van der Waals surface area contributed by atoms with Crippen molar-refractivity contribution in [1.29, 1.82) is 0 Å². The molecule has 0 radical (unpaired) electrons. The van der Waals surface area contributed by atoms with Gasteiger partial charge in [0.25, 0.3) is 0 Å². The van der Waals surface area contributed by atoms with Crippen LogP contribution in [0.15, 0.2) is 182 Å². The van der Waals surface area contributed by atoms with Gasteiger partial charge in [-0.1, -0.05) is 169 Å². The number of rotatable bonds is 9. The fraction of sp³-hybridized carbons (Fsp3) is 0.0417. The lowest BCUT2D eigenvalue weighted by atomic mass is 9.93. The van der Waals surface area contributed by atoms with E-state index < -0.39 is 0 Å². The molecular weight excluding hydrogens is 591 g/mol. The lowest BCUT2D eigenvalue weighted by Gasteiger charge is -2.12. The van der Waals surface area contributed by atoms with Crippen LogP contribution in [0.4, 0.5) is 11.4 Å². The maximum Gasteiger partial charge on any atom is 0.0384 e. The Kier molecular flexibility index (Phi) is 9.43. The molecule has 0 atom stereocenters. The number of anilines is 2. The maximum atomic E-state index is 3.50. The molecule has 0 unspecified atom stereocenters. The molecular formula is C48H39N. The molecule has 7 aromatic rings. The van der Waals surface area contributed by atoms with E-state index in [9.17, 15) is 0 Å². The predicted octanol–water partition coefficient (Wildman–Crippen LogP) is 12.9. The van der Waals surface area contributed by atoms with E-state index in [2.05, 4.69) is 213 Å². The molecule has 1 N–H and O–H groups in total.